The van der Waals surface area contributed by atoms with Crippen LogP contribution in [0.2, 0.25) is 0 Å². The Kier molecular flexibility index (Phi) is 9.02. The lowest BCUT2D eigenvalue weighted by Gasteiger charge is -2.34. The molecule has 158 valence electrons. The number of aldehydes is 1. The summed E-state index contributed by atoms with van der Waals surface area (Å²) in [6.07, 6.45) is 1.08. The monoisotopic (exact) mass is 396 g/mol. The average Bonchev–Trinajstić information content (AvgIpc) is 3.08. The zero-order valence-electron chi connectivity index (χ0n) is 17.7. The highest BCUT2D eigenvalue weighted by Gasteiger charge is 2.42. The van der Waals surface area contributed by atoms with E-state index < -0.39 is 29.6 Å². The van der Waals surface area contributed by atoms with Gasteiger partial charge in [-0.25, -0.2) is 4.39 Å². The van der Waals surface area contributed by atoms with Gasteiger partial charge in [-0.2, -0.15) is 5.26 Å². The molecule has 2 amide bonds. The highest BCUT2D eigenvalue weighted by Crippen LogP contribution is 2.27. The number of hydrogen-bond donors (Lipinski definition) is 0. The number of likely N-dealkylation sites (N-methyl/N-ethyl adjacent to an activating group) is 1. The van der Waals surface area contributed by atoms with Gasteiger partial charge in [0.1, 0.15) is 24.0 Å². The van der Waals surface area contributed by atoms with Crippen LogP contribution in [0.5, 0.6) is 0 Å². The molecule has 0 aromatic carbocycles. The van der Waals surface area contributed by atoms with Crippen LogP contribution in [-0.4, -0.2) is 83.8 Å². The smallest absolute Gasteiger partial charge is 0.246 e. The van der Waals surface area contributed by atoms with Gasteiger partial charge < -0.3 is 19.5 Å². The fraction of sp³-hybridized carbons (Fsp3) is 0.800. The molecule has 0 aliphatic carbocycles. The molecular weight excluding hydrogens is 363 g/mol. The van der Waals surface area contributed by atoms with Crippen molar-refractivity contribution in [1.29, 1.82) is 5.26 Å². The third kappa shape index (κ3) is 6.55. The van der Waals surface area contributed by atoms with Gasteiger partial charge in [0, 0.05) is 38.9 Å². The molecular formula is C20H33FN4O3. The number of rotatable bonds is 10. The van der Waals surface area contributed by atoms with Crippen LogP contribution in [0.4, 0.5) is 4.39 Å². The zero-order chi connectivity index (χ0) is 21.5. The molecule has 1 aliphatic rings. The third-order valence-corrected chi connectivity index (χ3v) is 5.32. The minimum atomic E-state index is -1.67. The van der Waals surface area contributed by atoms with Crippen molar-refractivity contribution < 1.29 is 18.8 Å². The fourth-order valence-corrected chi connectivity index (χ4v) is 3.52. The van der Waals surface area contributed by atoms with Gasteiger partial charge in [-0.15, -0.1) is 0 Å². The fourth-order valence-electron chi connectivity index (χ4n) is 3.52. The van der Waals surface area contributed by atoms with Crippen molar-refractivity contribution in [2.45, 2.75) is 64.7 Å². The SMILES string of the molecule is CCN(CC)CCC(=O)N(C)C(CC(C)(C)F)C(=O)N1CC(C=O)CC1C#N. The maximum Gasteiger partial charge on any atom is 0.246 e. The molecule has 1 aliphatic heterocycles. The normalized spacial score (nSPS) is 20.7. The Bertz CT molecular complexity index is 595. The van der Waals surface area contributed by atoms with Gasteiger partial charge in [0.15, 0.2) is 0 Å². The second kappa shape index (κ2) is 10.5. The first-order valence-corrected chi connectivity index (χ1v) is 9.90. The van der Waals surface area contributed by atoms with Crippen molar-refractivity contribution in [3.63, 3.8) is 0 Å². The topological polar surface area (TPSA) is 84.7 Å². The van der Waals surface area contributed by atoms with E-state index in [9.17, 15) is 24.0 Å². The molecule has 8 heteroatoms. The molecule has 0 aromatic heterocycles. The van der Waals surface area contributed by atoms with Gasteiger partial charge in [-0.1, -0.05) is 13.8 Å². The summed E-state index contributed by atoms with van der Waals surface area (Å²) in [5.41, 5.74) is -1.67. The predicted molar refractivity (Wildman–Crippen MR) is 104 cm³/mol. The van der Waals surface area contributed by atoms with Crippen LogP contribution in [0.3, 0.4) is 0 Å². The number of amides is 2. The second-order valence-corrected chi connectivity index (χ2v) is 7.99. The number of likely N-dealkylation sites (tertiary alicyclic amines) is 1. The van der Waals surface area contributed by atoms with E-state index in [0.29, 0.717) is 6.54 Å². The van der Waals surface area contributed by atoms with Crippen LogP contribution in [0.25, 0.3) is 0 Å². The van der Waals surface area contributed by atoms with Gasteiger partial charge in [-0.05, 0) is 33.4 Å². The Hall–Kier alpha value is -2.01. The van der Waals surface area contributed by atoms with Gasteiger partial charge >= 0.3 is 0 Å². The van der Waals surface area contributed by atoms with E-state index in [1.165, 1.54) is 30.7 Å². The maximum atomic E-state index is 14.4. The van der Waals surface area contributed by atoms with Crippen LogP contribution in [0.1, 0.15) is 47.0 Å². The number of nitriles is 1. The molecule has 0 N–H and O–H groups in total. The molecule has 1 saturated heterocycles. The standard InChI is InChI=1S/C20H33FN4O3/c1-6-24(7-2)9-8-18(27)23(5)17(11-20(3,4)21)19(28)25-13-15(14-26)10-16(25)12-22/h14-17H,6-11,13H2,1-5H3. The van der Waals surface area contributed by atoms with Crippen molar-refractivity contribution >= 4 is 18.1 Å². The summed E-state index contributed by atoms with van der Waals surface area (Å²) in [6, 6.07) is 0.304. The summed E-state index contributed by atoms with van der Waals surface area (Å²) in [5, 5.41) is 9.34. The number of halogens is 1. The van der Waals surface area contributed by atoms with Crippen molar-refractivity contribution in [1.82, 2.24) is 14.7 Å². The first kappa shape index (κ1) is 24.0. The molecule has 0 aromatic rings. The van der Waals surface area contributed by atoms with Gasteiger partial charge in [0.2, 0.25) is 11.8 Å². The maximum absolute atomic E-state index is 14.4. The Morgan fingerprint density at radius 2 is 1.96 bits per heavy atom. The number of hydrogen-bond acceptors (Lipinski definition) is 5. The van der Waals surface area contributed by atoms with Crippen LogP contribution >= 0.6 is 0 Å². The summed E-state index contributed by atoms with van der Waals surface area (Å²) < 4.78 is 14.4. The molecule has 7 nitrogen and oxygen atoms in total. The van der Waals surface area contributed by atoms with E-state index in [1.807, 2.05) is 19.9 Å². The Morgan fingerprint density at radius 3 is 2.43 bits per heavy atom. The summed E-state index contributed by atoms with van der Waals surface area (Å²) in [6.45, 7) is 9.07. The molecule has 0 saturated carbocycles. The third-order valence-electron chi connectivity index (χ3n) is 5.32. The van der Waals surface area contributed by atoms with Crippen molar-refractivity contribution in [3.05, 3.63) is 0 Å². The first-order valence-electron chi connectivity index (χ1n) is 9.90. The van der Waals surface area contributed by atoms with Gasteiger partial charge in [-0.3, -0.25) is 9.59 Å². The molecule has 1 rings (SSSR count). The van der Waals surface area contributed by atoms with Crippen LogP contribution in [-0.2, 0) is 14.4 Å². The Balaban J connectivity index is 2.98. The highest BCUT2D eigenvalue weighted by atomic mass is 19.1. The summed E-state index contributed by atoms with van der Waals surface area (Å²) in [4.78, 5) is 41.7. The lowest BCUT2D eigenvalue weighted by atomic mass is 9.98. The minimum absolute atomic E-state index is 0.130. The lowest BCUT2D eigenvalue weighted by molar-refractivity contribution is -0.146. The molecule has 28 heavy (non-hydrogen) atoms. The molecule has 0 spiro atoms. The number of nitrogens with zero attached hydrogens (tertiary/aromatic N) is 4. The highest BCUT2D eigenvalue weighted by molar-refractivity contribution is 5.88. The van der Waals surface area contributed by atoms with Crippen LogP contribution in [0.15, 0.2) is 0 Å². The number of carbonyl (C=O) groups is 3. The average molecular weight is 397 g/mol. The van der Waals surface area contributed by atoms with E-state index in [4.69, 9.17) is 0 Å². The number of carbonyl (C=O) groups excluding carboxylic acids is 3. The van der Waals surface area contributed by atoms with Gasteiger partial charge in [0.05, 0.1) is 6.07 Å². The Labute approximate surface area is 167 Å². The van der Waals surface area contributed by atoms with Gasteiger partial charge in [0.25, 0.3) is 0 Å². The van der Waals surface area contributed by atoms with Crippen LogP contribution in [0, 0.1) is 17.2 Å². The second-order valence-electron chi connectivity index (χ2n) is 7.99. The van der Waals surface area contributed by atoms with E-state index in [1.54, 1.807) is 0 Å². The van der Waals surface area contributed by atoms with E-state index in [0.717, 1.165) is 19.4 Å². The zero-order valence-corrected chi connectivity index (χ0v) is 17.7. The predicted octanol–water partition coefficient (Wildman–Crippen LogP) is 1.62. The largest absolute Gasteiger partial charge is 0.334 e. The van der Waals surface area contributed by atoms with Crippen molar-refractivity contribution in [3.8, 4) is 6.07 Å². The van der Waals surface area contributed by atoms with E-state index >= 15 is 0 Å². The van der Waals surface area contributed by atoms with Crippen LogP contribution < -0.4 is 0 Å². The summed E-state index contributed by atoms with van der Waals surface area (Å²) >= 11 is 0. The summed E-state index contributed by atoms with van der Waals surface area (Å²) in [7, 11) is 1.51. The Morgan fingerprint density at radius 1 is 1.36 bits per heavy atom. The molecule has 1 fully saturated rings. The van der Waals surface area contributed by atoms with Crippen molar-refractivity contribution in [2.24, 2.45) is 5.92 Å². The van der Waals surface area contributed by atoms with Crippen molar-refractivity contribution in [2.75, 3.05) is 33.2 Å². The molecule has 0 bridgehead atoms. The molecule has 3 atom stereocenters. The van der Waals surface area contributed by atoms with E-state index in [2.05, 4.69) is 4.90 Å². The molecule has 0 radical (unpaired) electrons. The minimum Gasteiger partial charge on any atom is -0.334 e. The number of alkyl halides is 1. The molecule has 1 heterocycles. The summed E-state index contributed by atoms with van der Waals surface area (Å²) in [5.74, 6) is -1.12. The quantitative estimate of drug-likeness (QED) is 0.524. The lowest BCUT2D eigenvalue weighted by Crippen LogP contribution is -2.52. The first-order chi connectivity index (χ1) is 13.1. The van der Waals surface area contributed by atoms with E-state index in [-0.39, 0.29) is 31.7 Å². The molecule has 3 unspecified atom stereocenters.